The maximum Gasteiger partial charge on any atom is 0.306 e. The van der Waals surface area contributed by atoms with Gasteiger partial charge in [0.15, 0.2) is 6.10 Å². The van der Waals surface area contributed by atoms with Gasteiger partial charge in [0.25, 0.3) is 0 Å². The lowest BCUT2D eigenvalue weighted by Crippen LogP contribution is -2.28. The van der Waals surface area contributed by atoms with Crippen molar-refractivity contribution in [2.45, 2.75) is 277 Å². The minimum absolute atomic E-state index is 0.0890. The molecule has 0 spiro atoms. The van der Waals surface area contributed by atoms with Crippen LogP contribution in [0.4, 0.5) is 0 Å². The quantitative estimate of drug-likeness (QED) is 0.0373. The van der Waals surface area contributed by atoms with Gasteiger partial charge in [0, 0.05) is 12.8 Å². The second-order valence-electron chi connectivity index (χ2n) is 21.4. The molecule has 0 aromatic carbocycles. The highest BCUT2D eigenvalue weighted by atomic mass is 16.6. The largest absolute Gasteiger partial charge is 0.462 e. The Hall–Kier alpha value is -5.00. The molecule has 0 aromatic heterocycles. The number of hydrogen-bond acceptors (Lipinski definition) is 5. The molecule has 0 bridgehead atoms. The van der Waals surface area contributed by atoms with Gasteiger partial charge in [-0.2, -0.15) is 0 Å². The summed E-state index contributed by atoms with van der Waals surface area (Å²) in [4.78, 5) is 24.6. The van der Waals surface area contributed by atoms with Gasteiger partial charge in [-0.3, -0.25) is 9.59 Å². The normalized spacial score (nSPS) is 13.5. The number of aliphatic hydroxyl groups excluding tert-OH is 1. The summed E-state index contributed by atoms with van der Waals surface area (Å²) in [6.07, 6.45) is 110. The van der Waals surface area contributed by atoms with Crippen LogP contribution >= 0.6 is 0 Å². The lowest BCUT2D eigenvalue weighted by Gasteiger charge is -2.15. The molecule has 0 fully saturated rings. The van der Waals surface area contributed by atoms with Crippen LogP contribution in [-0.4, -0.2) is 36.4 Å². The number of ether oxygens (including phenoxy) is 2. The van der Waals surface area contributed by atoms with Crippen molar-refractivity contribution in [3.8, 4) is 0 Å². The first kappa shape index (κ1) is 77.0. The standard InChI is InChI=1S/C77H122O5/c1-3-5-7-9-11-13-15-17-19-21-23-25-27-29-31-33-35-36-37-38-39-40-42-44-46-48-50-52-54-56-58-60-62-64-66-68-70-72-77(80)82-75(73-78)74-81-76(79)71-69-67-65-63-61-59-57-55-53-51-49-47-45-43-41-34-32-30-28-26-24-22-20-18-16-14-12-10-8-6-4-2/h5-8,11-14,17-20,23-26,29,31,35-36,38-39,42,44,48,50,54,56,60,62,75,78H,3-4,9-10,15-16,21-22,27-28,30,32-34,37,40-41,43,45-47,49,51-53,55,57-59,61,63-74H2,1-2H3/b7-5-,8-6-,13-11-,14-12-,19-17-,20-18-,25-23-,26-24-,31-29-,36-35-,39-38-,44-42-,50-48-,56-54-,62-60-. The Labute approximate surface area is 505 Å². The molecule has 0 saturated carbocycles. The van der Waals surface area contributed by atoms with Crippen LogP contribution < -0.4 is 0 Å². The van der Waals surface area contributed by atoms with Crippen LogP contribution in [0.1, 0.15) is 271 Å². The van der Waals surface area contributed by atoms with Crippen LogP contribution in [0.5, 0.6) is 0 Å². The van der Waals surface area contributed by atoms with Crippen molar-refractivity contribution in [3.05, 3.63) is 182 Å². The number of hydrogen-bond donors (Lipinski definition) is 1. The smallest absolute Gasteiger partial charge is 0.306 e. The van der Waals surface area contributed by atoms with E-state index in [1.807, 2.05) is 0 Å². The SMILES string of the molecule is CC/C=C\C/C=C\C/C=C\C/C=C\C/C=C\C/C=C\C/C=C\C/C=C\C/C=C\C/C=C\C/C=C\CCCCCC(=O)OC(CO)COC(=O)CCCCCCCCCCCCCCCCCCCC/C=C\C/C=C\C/C=C\C/C=C\CC. The third-order valence-corrected chi connectivity index (χ3v) is 13.7. The average Bonchev–Trinajstić information content (AvgIpc) is 3.49. The van der Waals surface area contributed by atoms with Gasteiger partial charge >= 0.3 is 11.9 Å². The Bertz CT molecular complexity index is 1850. The van der Waals surface area contributed by atoms with Gasteiger partial charge in [-0.15, -0.1) is 0 Å². The van der Waals surface area contributed by atoms with E-state index in [0.717, 1.165) is 141 Å². The van der Waals surface area contributed by atoms with Crippen LogP contribution in [0.25, 0.3) is 0 Å². The first-order valence-electron chi connectivity index (χ1n) is 33.3. The molecule has 1 unspecified atom stereocenters. The van der Waals surface area contributed by atoms with Crippen molar-refractivity contribution in [1.82, 2.24) is 0 Å². The summed E-state index contributed by atoms with van der Waals surface area (Å²) in [6, 6.07) is 0. The van der Waals surface area contributed by atoms with E-state index in [1.54, 1.807) is 0 Å². The Morgan fingerprint density at radius 1 is 0.280 bits per heavy atom. The first-order chi connectivity index (χ1) is 40.6. The number of carbonyl (C=O) groups is 2. The lowest BCUT2D eigenvalue weighted by molar-refractivity contribution is -0.161. The zero-order chi connectivity index (χ0) is 59.1. The van der Waals surface area contributed by atoms with Crippen molar-refractivity contribution < 1.29 is 24.2 Å². The summed E-state index contributed by atoms with van der Waals surface area (Å²) in [6.45, 7) is 3.89. The fourth-order valence-corrected chi connectivity index (χ4v) is 8.79. The Morgan fingerprint density at radius 3 is 0.744 bits per heavy atom. The van der Waals surface area contributed by atoms with E-state index in [0.29, 0.717) is 12.8 Å². The fraction of sp³-hybridized carbons (Fsp3) is 0.584. The molecule has 0 radical (unpaired) electrons. The molecule has 1 atom stereocenters. The third-order valence-electron chi connectivity index (χ3n) is 13.7. The Kier molecular flexibility index (Phi) is 66.0. The molecule has 5 heteroatoms. The van der Waals surface area contributed by atoms with Gasteiger partial charge in [0.1, 0.15) is 6.61 Å². The van der Waals surface area contributed by atoms with Crippen molar-refractivity contribution >= 4 is 11.9 Å². The molecule has 0 saturated heterocycles. The maximum atomic E-state index is 12.3. The summed E-state index contributed by atoms with van der Waals surface area (Å²) >= 11 is 0. The van der Waals surface area contributed by atoms with E-state index in [9.17, 15) is 14.7 Å². The molecule has 82 heavy (non-hydrogen) atoms. The molecule has 0 aliphatic carbocycles. The van der Waals surface area contributed by atoms with Gasteiger partial charge < -0.3 is 14.6 Å². The molecule has 1 N–H and O–H groups in total. The van der Waals surface area contributed by atoms with Gasteiger partial charge in [-0.1, -0.05) is 305 Å². The molecule has 0 heterocycles. The van der Waals surface area contributed by atoms with Gasteiger partial charge in [0.05, 0.1) is 6.61 Å². The predicted molar refractivity (Wildman–Crippen MR) is 361 cm³/mol. The zero-order valence-corrected chi connectivity index (χ0v) is 52.7. The predicted octanol–water partition coefficient (Wildman–Crippen LogP) is 23.4. The molecular weight excluding hydrogens is 1000 g/mol. The number of aliphatic hydroxyl groups is 1. The van der Waals surface area contributed by atoms with Crippen molar-refractivity contribution in [1.29, 1.82) is 0 Å². The van der Waals surface area contributed by atoms with E-state index < -0.39 is 6.10 Å². The van der Waals surface area contributed by atoms with E-state index in [1.165, 1.54) is 103 Å². The molecule has 0 aromatic rings. The number of unbranched alkanes of at least 4 members (excludes halogenated alkanes) is 21. The topological polar surface area (TPSA) is 72.8 Å². The summed E-state index contributed by atoms with van der Waals surface area (Å²) in [7, 11) is 0. The minimum atomic E-state index is -0.804. The van der Waals surface area contributed by atoms with E-state index >= 15 is 0 Å². The van der Waals surface area contributed by atoms with Gasteiger partial charge in [-0.05, 0) is 135 Å². The zero-order valence-electron chi connectivity index (χ0n) is 52.7. The van der Waals surface area contributed by atoms with Crippen molar-refractivity contribution in [3.63, 3.8) is 0 Å². The first-order valence-corrected chi connectivity index (χ1v) is 33.3. The minimum Gasteiger partial charge on any atom is -0.462 e. The van der Waals surface area contributed by atoms with E-state index in [4.69, 9.17) is 9.47 Å². The number of esters is 2. The van der Waals surface area contributed by atoms with Crippen LogP contribution in [0, 0.1) is 0 Å². The van der Waals surface area contributed by atoms with Crippen LogP contribution in [0.3, 0.4) is 0 Å². The van der Waals surface area contributed by atoms with E-state index in [2.05, 4.69) is 196 Å². The number of carbonyl (C=O) groups excluding carboxylic acids is 2. The highest BCUT2D eigenvalue weighted by Gasteiger charge is 2.16. The summed E-state index contributed by atoms with van der Waals surface area (Å²) < 4.78 is 10.7. The van der Waals surface area contributed by atoms with E-state index in [-0.39, 0.29) is 25.2 Å². The molecule has 460 valence electrons. The molecule has 0 rings (SSSR count). The lowest BCUT2D eigenvalue weighted by atomic mass is 10.0. The Balaban J connectivity index is 3.61. The van der Waals surface area contributed by atoms with Gasteiger partial charge in [-0.25, -0.2) is 0 Å². The molecule has 0 aliphatic heterocycles. The summed E-state index contributed by atoms with van der Waals surface area (Å²) in [5, 5.41) is 9.69. The van der Waals surface area contributed by atoms with Gasteiger partial charge in [0.2, 0.25) is 0 Å². The molecule has 0 amide bonds. The highest BCUT2D eigenvalue weighted by molar-refractivity contribution is 5.70. The summed E-state index contributed by atoms with van der Waals surface area (Å²) in [5.74, 6) is -0.635. The molecule has 0 aliphatic rings. The average molecular weight is 1130 g/mol. The van der Waals surface area contributed by atoms with Crippen LogP contribution in [0.2, 0.25) is 0 Å². The monoisotopic (exact) mass is 1130 g/mol. The fourth-order valence-electron chi connectivity index (χ4n) is 8.79. The maximum absolute atomic E-state index is 12.3. The third kappa shape index (κ3) is 67.5. The van der Waals surface area contributed by atoms with Crippen LogP contribution in [-0.2, 0) is 19.1 Å². The number of rotatable bonds is 59. The van der Waals surface area contributed by atoms with Crippen molar-refractivity contribution in [2.75, 3.05) is 13.2 Å². The second-order valence-corrected chi connectivity index (χ2v) is 21.4. The molecule has 5 nitrogen and oxygen atoms in total. The Morgan fingerprint density at radius 2 is 0.488 bits per heavy atom. The highest BCUT2D eigenvalue weighted by Crippen LogP contribution is 2.16. The van der Waals surface area contributed by atoms with Crippen LogP contribution in [0.15, 0.2) is 182 Å². The summed E-state index contributed by atoms with van der Waals surface area (Å²) in [5.41, 5.74) is 0. The number of allylic oxidation sites excluding steroid dienone is 30. The molecular formula is C77H122O5. The second kappa shape index (κ2) is 70.3. The van der Waals surface area contributed by atoms with Crippen molar-refractivity contribution in [2.24, 2.45) is 0 Å².